The van der Waals surface area contributed by atoms with Gasteiger partial charge in [0.05, 0.1) is 35.3 Å². The lowest BCUT2D eigenvalue weighted by Gasteiger charge is -2.17. The van der Waals surface area contributed by atoms with Gasteiger partial charge in [0.1, 0.15) is 29.3 Å². The lowest BCUT2D eigenvalue weighted by Crippen LogP contribution is -2.28. The van der Waals surface area contributed by atoms with E-state index < -0.39 is 35.1 Å². The van der Waals surface area contributed by atoms with Crippen molar-refractivity contribution < 1.29 is 24.3 Å². The molecule has 1 aliphatic heterocycles. The van der Waals surface area contributed by atoms with Gasteiger partial charge in [-0.1, -0.05) is 18.2 Å². The van der Waals surface area contributed by atoms with Crippen LogP contribution in [0.2, 0.25) is 0 Å². The molecule has 11 nitrogen and oxygen atoms in total. The zero-order valence-electron chi connectivity index (χ0n) is 18.1. The fraction of sp³-hybridized carbons (Fsp3) is 0.304. The Morgan fingerprint density at radius 1 is 1.26 bits per heavy atom. The Balaban J connectivity index is 1.45. The van der Waals surface area contributed by atoms with E-state index in [1.54, 1.807) is 25.1 Å². The topological polar surface area (TPSA) is 153 Å². The molecule has 1 fully saturated rings. The number of rotatable bonds is 6. The highest BCUT2D eigenvalue weighted by molar-refractivity contribution is 6.05. The first-order chi connectivity index (χ1) is 16.4. The van der Waals surface area contributed by atoms with Gasteiger partial charge >= 0.3 is 5.69 Å². The summed E-state index contributed by atoms with van der Waals surface area (Å²) in [4.78, 5) is 27.9. The van der Waals surface area contributed by atoms with Crippen molar-refractivity contribution in [3.8, 4) is 0 Å². The van der Waals surface area contributed by atoms with Crippen LogP contribution in [0.3, 0.4) is 0 Å². The van der Waals surface area contributed by atoms with E-state index in [1.165, 1.54) is 16.8 Å². The zero-order valence-corrected chi connectivity index (χ0v) is 18.1. The second kappa shape index (κ2) is 8.52. The number of fused-ring (bicyclic) bond motifs is 3. The second-order valence-corrected chi connectivity index (χ2v) is 8.25. The number of aliphatic hydroxyl groups is 2. The van der Waals surface area contributed by atoms with E-state index in [0.717, 1.165) is 10.8 Å². The lowest BCUT2D eigenvalue weighted by atomic mass is 10.0. The molecule has 11 heteroatoms. The zero-order chi connectivity index (χ0) is 24.0. The number of para-hydroxylation sites is 1. The highest BCUT2D eigenvalue weighted by Crippen LogP contribution is 2.36. The number of nitro groups is 1. The Morgan fingerprint density at radius 3 is 2.76 bits per heavy atom. The van der Waals surface area contributed by atoms with Gasteiger partial charge in [0.25, 0.3) is 5.69 Å². The third-order valence-corrected chi connectivity index (χ3v) is 6.08. The van der Waals surface area contributed by atoms with E-state index in [1.807, 2.05) is 18.2 Å². The molecule has 34 heavy (non-hydrogen) atoms. The molecule has 4 aromatic rings. The summed E-state index contributed by atoms with van der Waals surface area (Å²) in [5.41, 5.74) is 0.757. The van der Waals surface area contributed by atoms with Gasteiger partial charge in [-0.3, -0.25) is 14.7 Å². The van der Waals surface area contributed by atoms with Crippen LogP contribution >= 0.6 is 0 Å². The number of nitrogens with one attached hydrogen (secondary N) is 1. The molecular weight excluding hydrogens is 444 g/mol. The molecular formula is C23H22N4O7. The third kappa shape index (κ3) is 3.79. The maximum atomic E-state index is 12.6. The normalized spacial score (nSPS) is 21.2. The number of ether oxygens (including phenoxy) is 1. The average Bonchev–Trinajstić information content (AvgIpc) is 3.37. The predicted molar refractivity (Wildman–Crippen MR) is 123 cm³/mol. The molecule has 0 saturated carbocycles. The van der Waals surface area contributed by atoms with E-state index in [0.29, 0.717) is 16.7 Å². The Hall–Kier alpha value is -3.80. The average molecular weight is 466 g/mol. The molecule has 0 spiro atoms. The molecule has 1 aliphatic rings. The predicted octanol–water partition coefficient (Wildman–Crippen LogP) is 2.86. The van der Waals surface area contributed by atoms with Crippen LogP contribution in [0.1, 0.15) is 31.2 Å². The monoisotopic (exact) mass is 466 g/mol. The molecule has 176 valence electrons. The van der Waals surface area contributed by atoms with Gasteiger partial charge in [-0.05, 0) is 25.1 Å². The summed E-state index contributed by atoms with van der Waals surface area (Å²) in [6, 6.07) is 11.5. The standard InChI is InChI=1S/C23H22N4O7/c1-12(24-21-6-7-26(23(30)25-21)22-10-17(29)20(11-28)34-22)14-8-15-13-4-2-3-5-18(13)33-19(15)9-16(14)27(31)32/h2-9,12,17,20,22,28-29H,10-11H2,1H3,(H,24,25,30)/t12?,17-,20-,22-/m1/s1. The molecule has 0 amide bonds. The number of nitrogens with zero attached hydrogens (tertiary/aromatic N) is 3. The smallest absolute Gasteiger partial charge is 0.351 e. The summed E-state index contributed by atoms with van der Waals surface area (Å²) in [5, 5.41) is 35.6. The number of aliphatic hydroxyl groups excluding tert-OH is 2. The highest BCUT2D eigenvalue weighted by Gasteiger charge is 2.35. The second-order valence-electron chi connectivity index (χ2n) is 8.25. The summed E-state index contributed by atoms with van der Waals surface area (Å²) in [6.45, 7) is 1.39. The first kappa shape index (κ1) is 22.0. The fourth-order valence-electron chi connectivity index (χ4n) is 4.34. The molecule has 0 radical (unpaired) electrons. The van der Waals surface area contributed by atoms with E-state index >= 15 is 0 Å². The molecule has 2 aromatic carbocycles. The Morgan fingerprint density at radius 2 is 2.06 bits per heavy atom. The summed E-state index contributed by atoms with van der Waals surface area (Å²) >= 11 is 0. The molecule has 3 heterocycles. The largest absolute Gasteiger partial charge is 0.456 e. The highest BCUT2D eigenvalue weighted by atomic mass is 16.6. The maximum Gasteiger partial charge on any atom is 0.351 e. The number of nitro benzene ring substituents is 1. The van der Waals surface area contributed by atoms with Gasteiger partial charge in [-0.15, -0.1) is 0 Å². The van der Waals surface area contributed by atoms with E-state index in [9.17, 15) is 25.1 Å². The van der Waals surface area contributed by atoms with E-state index in [4.69, 9.17) is 9.15 Å². The van der Waals surface area contributed by atoms with Crippen LogP contribution in [-0.2, 0) is 4.74 Å². The molecule has 4 atom stereocenters. The van der Waals surface area contributed by atoms with E-state index in [2.05, 4.69) is 10.3 Å². The molecule has 0 bridgehead atoms. The fourth-order valence-corrected chi connectivity index (χ4v) is 4.34. The summed E-state index contributed by atoms with van der Waals surface area (Å²) in [5.74, 6) is 0.234. The Bertz CT molecular complexity index is 1450. The van der Waals surface area contributed by atoms with Gasteiger partial charge in [0.15, 0.2) is 0 Å². The van der Waals surface area contributed by atoms with Crippen LogP contribution in [0, 0.1) is 10.1 Å². The van der Waals surface area contributed by atoms with Crippen molar-refractivity contribution in [3.63, 3.8) is 0 Å². The van der Waals surface area contributed by atoms with Crippen molar-refractivity contribution in [3.05, 3.63) is 74.8 Å². The first-order valence-corrected chi connectivity index (χ1v) is 10.8. The minimum absolute atomic E-state index is 0.108. The lowest BCUT2D eigenvalue weighted by molar-refractivity contribution is -0.385. The van der Waals surface area contributed by atoms with Gasteiger partial charge in [0, 0.05) is 23.4 Å². The van der Waals surface area contributed by atoms with E-state index in [-0.39, 0.29) is 24.5 Å². The van der Waals surface area contributed by atoms with Gasteiger partial charge in [-0.2, -0.15) is 4.98 Å². The van der Waals surface area contributed by atoms with Crippen molar-refractivity contribution >= 4 is 33.4 Å². The van der Waals surface area contributed by atoms with Crippen molar-refractivity contribution in [1.29, 1.82) is 0 Å². The van der Waals surface area contributed by atoms with Crippen LogP contribution in [0.4, 0.5) is 11.5 Å². The number of benzene rings is 2. The van der Waals surface area contributed by atoms with Crippen molar-refractivity contribution in [2.45, 2.75) is 37.8 Å². The van der Waals surface area contributed by atoms with Crippen molar-refractivity contribution in [2.24, 2.45) is 0 Å². The van der Waals surface area contributed by atoms with Gasteiger partial charge in [-0.25, -0.2) is 4.79 Å². The number of anilines is 1. The molecule has 2 aromatic heterocycles. The quantitative estimate of drug-likeness (QED) is 0.287. The van der Waals surface area contributed by atoms with Crippen LogP contribution in [-0.4, -0.2) is 43.5 Å². The molecule has 1 unspecified atom stereocenters. The molecule has 3 N–H and O–H groups in total. The number of hydrogen-bond acceptors (Lipinski definition) is 9. The van der Waals surface area contributed by atoms with Crippen molar-refractivity contribution in [2.75, 3.05) is 11.9 Å². The Labute approximate surface area is 192 Å². The number of furan rings is 1. The summed E-state index contributed by atoms with van der Waals surface area (Å²) in [6.07, 6.45) is -0.751. The van der Waals surface area contributed by atoms with Crippen LogP contribution in [0.25, 0.3) is 21.9 Å². The summed E-state index contributed by atoms with van der Waals surface area (Å²) in [7, 11) is 0. The first-order valence-electron chi connectivity index (χ1n) is 10.8. The number of hydrogen-bond donors (Lipinski definition) is 3. The van der Waals surface area contributed by atoms with Gasteiger partial charge < -0.3 is 24.7 Å². The summed E-state index contributed by atoms with van der Waals surface area (Å²) < 4.78 is 12.5. The van der Waals surface area contributed by atoms with Crippen molar-refractivity contribution in [1.82, 2.24) is 9.55 Å². The maximum absolute atomic E-state index is 12.6. The Kier molecular flexibility index (Phi) is 5.52. The minimum Gasteiger partial charge on any atom is -0.456 e. The molecule has 0 aliphatic carbocycles. The van der Waals surface area contributed by atoms with Gasteiger partial charge in [0.2, 0.25) is 0 Å². The number of aromatic nitrogens is 2. The molecule has 5 rings (SSSR count). The SMILES string of the molecule is CC(Nc1ccn([C@H]2C[C@@H](O)[C@@H](CO)O2)c(=O)n1)c1cc2c(cc1[N+](=O)[O-])oc1ccccc12. The molecule has 1 saturated heterocycles. The van der Waals surface area contributed by atoms with Crippen LogP contribution in [0.5, 0.6) is 0 Å². The third-order valence-electron chi connectivity index (χ3n) is 6.08. The minimum atomic E-state index is -0.880. The van der Waals surface area contributed by atoms with Crippen LogP contribution in [0.15, 0.2) is 57.9 Å². The van der Waals surface area contributed by atoms with Crippen LogP contribution < -0.4 is 11.0 Å².